The summed E-state index contributed by atoms with van der Waals surface area (Å²) in [5, 5.41) is 2.71. The lowest BCUT2D eigenvalue weighted by Crippen LogP contribution is -2.43. The molecule has 0 aliphatic carbocycles. The lowest BCUT2D eigenvalue weighted by Gasteiger charge is -2.23. The number of rotatable bonds is 8. The molecule has 1 amide bonds. The number of ether oxygens (including phenoxy) is 1. The predicted octanol–water partition coefficient (Wildman–Crippen LogP) is 4.81. The van der Waals surface area contributed by atoms with Crippen molar-refractivity contribution in [1.82, 2.24) is 5.32 Å². The molecule has 1 rings (SSSR count). The number of amides is 1. The van der Waals surface area contributed by atoms with Gasteiger partial charge in [0, 0.05) is 10.9 Å². The van der Waals surface area contributed by atoms with Gasteiger partial charge in [-0.3, -0.25) is 4.79 Å². The van der Waals surface area contributed by atoms with Crippen LogP contribution in [0, 0.1) is 0 Å². The summed E-state index contributed by atoms with van der Waals surface area (Å²) in [4.78, 5) is 24.3. The number of carbonyl (C=O) groups is 2. The average molecular weight is 396 g/mol. The zero-order valence-corrected chi connectivity index (χ0v) is 16.2. The third kappa shape index (κ3) is 8.29. The molecule has 1 N–H and O–H groups in total. The second kappa shape index (κ2) is 9.62. The first-order valence-electron chi connectivity index (χ1n) is 8.09. The van der Waals surface area contributed by atoms with Gasteiger partial charge < -0.3 is 10.1 Å². The van der Waals surface area contributed by atoms with Crippen molar-refractivity contribution in [3.8, 4) is 0 Å². The van der Waals surface area contributed by atoms with E-state index in [9.17, 15) is 9.59 Å². The van der Waals surface area contributed by atoms with Crippen LogP contribution in [-0.4, -0.2) is 23.5 Å². The fraction of sp³-hybridized carbons (Fsp3) is 0.474. The summed E-state index contributed by atoms with van der Waals surface area (Å²) in [5.41, 5.74) is 0.524. The van der Waals surface area contributed by atoms with Gasteiger partial charge in [0.2, 0.25) is 0 Å². The molecule has 5 heteroatoms. The number of allylic oxidation sites excluding steroid dienone is 1. The molecule has 4 nitrogen and oxygen atoms in total. The molecule has 0 saturated carbocycles. The number of Topliss-reactive ketones (excluding diaryl/α,β-unsaturated/α-hetero) is 1. The number of nitrogens with one attached hydrogen (secondary N) is 1. The third-order valence-corrected chi connectivity index (χ3v) is 3.84. The van der Waals surface area contributed by atoms with Gasteiger partial charge in [-0.25, -0.2) is 4.79 Å². The summed E-state index contributed by atoms with van der Waals surface area (Å²) in [6.07, 6.45) is 3.35. The molecule has 24 heavy (non-hydrogen) atoms. The van der Waals surface area contributed by atoms with Gasteiger partial charge in [0.15, 0.2) is 5.78 Å². The number of benzene rings is 1. The van der Waals surface area contributed by atoms with Gasteiger partial charge in [0.1, 0.15) is 5.60 Å². The molecule has 0 aromatic heterocycles. The fourth-order valence-corrected chi connectivity index (χ4v) is 2.41. The van der Waals surface area contributed by atoms with Crippen molar-refractivity contribution in [1.29, 1.82) is 0 Å². The predicted molar refractivity (Wildman–Crippen MR) is 100 cm³/mol. The third-order valence-electron chi connectivity index (χ3n) is 3.31. The van der Waals surface area contributed by atoms with Gasteiger partial charge in [-0.2, -0.15) is 0 Å². The van der Waals surface area contributed by atoms with E-state index in [0.717, 1.165) is 10.0 Å². The Kier molecular flexibility index (Phi) is 8.19. The van der Waals surface area contributed by atoms with Gasteiger partial charge in [0.05, 0.1) is 6.04 Å². The zero-order valence-electron chi connectivity index (χ0n) is 14.6. The first-order chi connectivity index (χ1) is 11.2. The van der Waals surface area contributed by atoms with Crippen molar-refractivity contribution in [2.75, 3.05) is 0 Å². The van der Waals surface area contributed by atoms with Gasteiger partial charge in [0.25, 0.3) is 0 Å². The summed E-state index contributed by atoms with van der Waals surface area (Å²) >= 11 is 3.40. The molecule has 132 valence electrons. The second-order valence-corrected chi connectivity index (χ2v) is 7.57. The van der Waals surface area contributed by atoms with E-state index in [1.807, 2.05) is 24.3 Å². The largest absolute Gasteiger partial charge is 0.444 e. The minimum atomic E-state index is -0.593. The van der Waals surface area contributed by atoms with Crippen molar-refractivity contribution in [2.45, 2.75) is 58.1 Å². The van der Waals surface area contributed by atoms with Crippen molar-refractivity contribution in [2.24, 2.45) is 0 Å². The van der Waals surface area contributed by atoms with E-state index in [1.165, 1.54) is 0 Å². The van der Waals surface area contributed by atoms with E-state index in [1.54, 1.807) is 26.8 Å². The van der Waals surface area contributed by atoms with Crippen molar-refractivity contribution >= 4 is 27.8 Å². The first-order valence-corrected chi connectivity index (χ1v) is 8.88. The summed E-state index contributed by atoms with van der Waals surface area (Å²) in [5.74, 6) is -0.00197. The molecule has 0 bridgehead atoms. The Balaban J connectivity index is 2.69. The molecule has 0 spiro atoms. The number of alkyl carbamates (subject to hydrolysis) is 1. The van der Waals surface area contributed by atoms with E-state index >= 15 is 0 Å². The van der Waals surface area contributed by atoms with E-state index in [0.29, 0.717) is 25.7 Å². The van der Waals surface area contributed by atoms with Gasteiger partial charge in [-0.15, -0.1) is 6.58 Å². The Morgan fingerprint density at radius 1 is 1.29 bits per heavy atom. The average Bonchev–Trinajstić information content (AvgIpc) is 2.48. The number of carbonyl (C=O) groups excluding carboxylic acids is 2. The van der Waals surface area contributed by atoms with Gasteiger partial charge >= 0.3 is 6.09 Å². The molecule has 1 unspecified atom stereocenters. The van der Waals surface area contributed by atoms with E-state index in [4.69, 9.17) is 4.74 Å². The van der Waals surface area contributed by atoms with Crippen LogP contribution >= 0.6 is 15.9 Å². The lowest BCUT2D eigenvalue weighted by molar-refractivity contribution is -0.121. The number of aryl methyl sites for hydroxylation is 1. The molecule has 0 saturated heterocycles. The van der Waals surface area contributed by atoms with Crippen LogP contribution in [0.3, 0.4) is 0 Å². The fourth-order valence-electron chi connectivity index (χ4n) is 2.14. The highest BCUT2D eigenvalue weighted by Gasteiger charge is 2.23. The quantitative estimate of drug-likeness (QED) is 0.642. The van der Waals surface area contributed by atoms with Gasteiger partial charge in [-0.05, 0) is 57.7 Å². The Morgan fingerprint density at radius 3 is 2.46 bits per heavy atom. The van der Waals surface area contributed by atoms with Crippen LogP contribution in [0.5, 0.6) is 0 Å². The highest BCUT2D eigenvalue weighted by atomic mass is 79.9. The smallest absolute Gasteiger partial charge is 0.408 e. The first kappa shape index (κ1) is 20.4. The highest BCUT2D eigenvalue weighted by molar-refractivity contribution is 9.10. The lowest BCUT2D eigenvalue weighted by atomic mass is 10.00. The number of hydrogen-bond donors (Lipinski definition) is 1. The SMILES string of the molecule is C=CCCC(=O)C(CCc1ccc(Br)cc1)NC(=O)OC(C)(C)C. The number of hydrogen-bond acceptors (Lipinski definition) is 3. The van der Waals surface area contributed by atoms with E-state index < -0.39 is 17.7 Å². The molecule has 1 aromatic carbocycles. The van der Waals surface area contributed by atoms with Crippen LogP contribution in [-0.2, 0) is 16.0 Å². The molecule has 0 aliphatic rings. The maximum atomic E-state index is 12.4. The maximum absolute atomic E-state index is 12.4. The number of ketones is 1. The molecule has 1 aromatic rings. The Bertz CT molecular complexity index is 561. The summed E-state index contributed by atoms with van der Waals surface area (Å²) in [6.45, 7) is 9.02. The van der Waals surface area contributed by atoms with Gasteiger partial charge in [-0.1, -0.05) is 34.1 Å². The van der Waals surface area contributed by atoms with Crippen molar-refractivity contribution in [3.05, 3.63) is 47.0 Å². The topological polar surface area (TPSA) is 55.4 Å². The second-order valence-electron chi connectivity index (χ2n) is 6.66. The molecule has 0 fully saturated rings. The summed E-state index contributed by atoms with van der Waals surface area (Å²) < 4.78 is 6.27. The highest BCUT2D eigenvalue weighted by Crippen LogP contribution is 2.14. The van der Waals surface area contributed by atoms with Crippen molar-refractivity contribution < 1.29 is 14.3 Å². The Hall–Kier alpha value is -1.62. The van der Waals surface area contributed by atoms with Crippen LogP contribution in [0.25, 0.3) is 0 Å². The molecule has 0 heterocycles. The Labute approximate surface area is 152 Å². The summed E-state index contributed by atoms with van der Waals surface area (Å²) in [7, 11) is 0. The van der Waals surface area contributed by atoms with E-state index in [2.05, 4.69) is 27.8 Å². The van der Waals surface area contributed by atoms with Crippen LogP contribution in [0.1, 0.15) is 45.6 Å². The zero-order chi connectivity index (χ0) is 18.2. The maximum Gasteiger partial charge on any atom is 0.408 e. The monoisotopic (exact) mass is 395 g/mol. The molecular formula is C19H26BrNO3. The molecular weight excluding hydrogens is 370 g/mol. The minimum absolute atomic E-state index is 0.00197. The van der Waals surface area contributed by atoms with Crippen LogP contribution in [0.4, 0.5) is 4.79 Å². The van der Waals surface area contributed by atoms with Crippen molar-refractivity contribution in [3.63, 3.8) is 0 Å². The normalized spacial score (nSPS) is 12.3. The van der Waals surface area contributed by atoms with Crippen LogP contribution in [0.15, 0.2) is 41.4 Å². The molecule has 0 aliphatic heterocycles. The molecule has 0 radical (unpaired) electrons. The van der Waals surface area contributed by atoms with Crippen LogP contribution < -0.4 is 5.32 Å². The standard InChI is InChI=1S/C19H26BrNO3/c1-5-6-7-17(22)16(21-18(23)24-19(2,3)4)13-10-14-8-11-15(20)12-9-14/h5,8-9,11-12,16H,1,6-7,10,13H2,2-4H3,(H,21,23). The summed E-state index contributed by atoms with van der Waals surface area (Å²) in [6, 6.07) is 7.38. The van der Waals surface area contributed by atoms with E-state index in [-0.39, 0.29) is 5.78 Å². The Morgan fingerprint density at radius 2 is 1.92 bits per heavy atom. The molecule has 1 atom stereocenters. The van der Waals surface area contributed by atoms with Crippen LogP contribution in [0.2, 0.25) is 0 Å². The minimum Gasteiger partial charge on any atom is -0.444 e. The number of halogens is 1.